The smallest absolute Gasteiger partial charge is 0.232 e. The summed E-state index contributed by atoms with van der Waals surface area (Å²) < 4.78 is 0. The lowest BCUT2D eigenvalue weighted by atomic mass is 10.3. The van der Waals surface area contributed by atoms with Gasteiger partial charge in [0.15, 0.2) is 0 Å². The number of aliphatic hydroxyl groups excluding tert-OH is 2. The van der Waals surface area contributed by atoms with E-state index in [1.807, 2.05) is 13.8 Å². The molecule has 1 aliphatic rings. The van der Waals surface area contributed by atoms with E-state index in [4.69, 9.17) is 0 Å². The molecule has 0 bridgehead atoms. The SMILES string of the molecule is CC(C)SCC(=O)N1C[C@@H](O)[C@@H](O)C1. The summed E-state index contributed by atoms with van der Waals surface area (Å²) in [5.74, 6) is 0.427. The van der Waals surface area contributed by atoms with Crippen molar-refractivity contribution in [3.63, 3.8) is 0 Å². The van der Waals surface area contributed by atoms with Crippen molar-refractivity contribution in [2.24, 2.45) is 0 Å². The third kappa shape index (κ3) is 3.15. The van der Waals surface area contributed by atoms with Crippen LogP contribution >= 0.6 is 11.8 Å². The molecule has 1 saturated heterocycles. The fraction of sp³-hybridized carbons (Fsp3) is 0.889. The topological polar surface area (TPSA) is 60.8 Å². The summed E-state index contributed by atoms with van der Waals surface area (Å²) in [5.41, 5.74) is 0. The van der Waals surface area contributed by atoms with Crippen LogP contribution in [0.15, 0.2) is 0 Å². The lowest BCUT2D eigenvalue weighted by molar-refractivity contribution is -0.127. The van der Waals surface area contributed by atoms with Crippen molar-refractivity contribution in [3.8, 4) is 0 Å². The van der Waals surface area contributed by atoms with Gasteiger partial charge in [-0.25, -0.2) is 0 Å². The lowest BCUT2D eigenvalue weighted by Gasteiger charge is -2.15. The number of β-amino-alcohol motifs (C(OH)–C–C–N with tert-alkyl or cyclic N) is 2. The molecule has 0 aromatic carbocycles. The largest absolute Gasteiger partial charge is 0.388 e. The second kappa shape index (κ2) is 5.00. The molecule has 2 N–H and O–H groups in total. The predicted molar refractivity (Wildman–Crippen MR) is 56.2 cm³/mol. The molecule has 1 aliphatic heterocycles. The zero-order chi connectivity index (χ0) is 10.7. The van der Waals surface area contributed by atoms with Crippen LogP contribution in [-0.2, 0) is 4.79 Å². The average molecular weight is 219 g/mol. The molecule has 0 unspecified atom stereocenters. The number of aliphatic hydroxyl groups is 2. The Hall–Kier alpha value is -0.260. The van der Waals surface area contributed by atoms with Gasteiger partial charge in [-0.1, -0.05) is 13.8 Å². The molecule has 0 aliphatic carbocycles. The number of nitrogens with zero attached hydrogens (tertiary/aromatic N) is 1. The van der Waals surface area contributed by atoms with Gasteiger partial charge in [-0.2, -0.15) is 0 Å². The Morgan fingerprint density at radius 2 is 1.93 bits per heavy atom. The van der Waals surface area contributed by atoms with Gasteiger partial charge in [0.2, 0.25) is 5.91 Å². The summed E-state index contributed by atoms with van der Waals surface area (Å²) in [7, 11) is 0. The first-order valence-electron chi connectivity index (χ1n) is 4.76. The fourth-order valence-electron chi connectivity index (χ4n) is 1.30. The molecule has 1 fully saturated rings. The van der Waals surface area contributed by atoms with E-state index < -0.39 is 12.2 Å². The summed E-state index contributed by atoms with van der Waals surface area (Å²) in [6, 6.07) is 0. The zero-order valence-electron chi connectivity index (χ0n) is 8.51. The highest BCUT2D eigenvalue weighted by Crippen LogP contribution is 2.14. The number of rotatable bonds is 3. The van der Waals surface area contributed by atoms with Crippen LogP contribution in [0, 0.1) is 0 Å². The Labute approximate surface area is 88.3 Å². The summed E-state index contributed by atoms with van der Waals surface area (Å²) in [6.07, 6.45) is -1.55. The van der Waals surface area contributed by atoms with Gasteiger partial charge >= 0.3 is 0 Å². The van der Waals surface area contributed by atoms with Crippen molar-refractivity contribution in [1.82, 2.24) is 4.90 Å². The maximum absolute atomic E-state index is 11.5. The second-order valence-electron chi connectivity index (χ2n) is 3.79. The van der Waals surface area contributed by atoms with Gasteiger partial charge in [-0.15, -0.1) is 11.8 Å². The minimum atomic E-state index is -0.775. The normalized spacial score (nSPS) is 27.4. The second-order valence-corrected chi connectivity index (χ2v) is 5.36. The summed E-state index contributed by atoms with van der Waals surface area (Å²) in [6.45, 7) is 4.59. The van der Waals surface area contributed by atoms with Crippen LogP contribution in [0.4, 0.5) is 0 Å². The molecule has 5 heteroatoms. The summed E-state index contributed by atoms with van der Waals surface area (Å²) in [4.78, 5) is 13.0. The monoisotopic (exact) mass is 219 g/mol. The molecule has 0 radical (unpaired) electrons. The van der Waals surface area contributed by atoms with Gasteiger partial charge in [0.05, 0.1) is 18.0 Å². The molecular weight excluding hydrogens is 202 g/mol. The van der Waals surface area contributed by atoms with Crippen molar-refractivity contribution in [3.05, 3.63) is 0 Å². The third-order valence-corrected chi connectivity index (χ3v) is 3.23. The maximum Gasteiger partial charge on any atom is 0.232 e. The first-order valence-corrected chi connectivity index (χ1v) is 5.81. The van der Waals surface area contributed by atoms with E-state index in [0.717, 1.165) is 0 Å². The molecule has 1 rings (SSSR count). The fourth-order valence-corrected chi connectivity index (χ4v) is 1.96. The van der Waals surface area contributed by atoms with Gasteiger partial charge in [-0.05, 0) is 5.25 Å². The number of amides is 1. The van der Waals surface area contributed by atoms with E-state index >= 15 is 0 Å². The molecule has 4 nitrogen and oxygen atoms in total. The first-order chi connectivity index (χ1) is 6.50. The summed E-state index contributed by atoms with van der Waals surface area (Å²) in [5, 5.41) is 18.9. The Morgan fingerprint density at radius 1 is 1.43 bits per heavy atom. The number of hydrogen-bond acceptors (Lipinski definition) is 4. The Balaban J connectivity index is 2.32. The highest BCUT2D eigenvalue weighted by atomic mass is 32.2. The molecule has 2 atom stereocenters. The minimum absolute atomic E-state index is 0.000648. The van der Waals surface area contributed by atoms with Crippen molar-refractivity contribution < 1.29 is 15.0 Å². The van der Waals surface area contributed by atoms with Crippen LogP contribution in [0.25, 0.3) is 0 Å². The Bertz CT molecular complexity index is 200. The highest BCUT2D eigenvalue weighted by molar-refractivity contribution is 8.00. The van der Waals surface area contributed by atoms with Crippen LogP contribution in [0.5, 0.6) is 0 Å². The van der Waals surface area contributed by atoms with Gasteiger partial charge in [0, 0.05) is 13.1 Å². The number of likely N-dealkylation sites (tertiary alicyclic amines) is 1. The molecule has 0 spiro atoms. The van der Waals surface area contributed by atoms with Crippen LogP contribution < -0.4 is 0 Å². The van der Waals surface area contributed by atoms with Gasteiger partial charge in [-0.3, -0.25) is 4.79 Å². The average Bonchev–Trinajstić information content (AvgIpc) is 2.43. The molecule has 14 heavy (non-hydrogen) atoms. The van der Waals surface area contributed by atoms with E-state index in [9.17, 15) is 15.0 Å². The minimum Gasteiger partial charge on any atom is -0.388 e. The Morgan fingerprint density at radius 3 is 2.36 bits per heavy atom. The standard InChI is InChI=1S/C9H17NO3S/c1-6(2)14-5-9(13)10-3-7(11)8(12)4-10/h6-8,11-12H,3-5H2,1-2H3/t7-,8+. The van der Waals surface area contributed by atoms with E-state index in [2.05, 4.69) is 0 Å². The van der Waals surface area contributed by atoms with Crippen molar-refractivity contribution in [1.29, 1.82) is 0 Å². The quantitative estimate of drug-likeness (QED) is 0.683. The maximum atomic E-state index is 11.5. The van der Waals surface area contributed by atoms with Crippen molar-refractivity contribution in [2.45, 2.75) is 31.3 Å². The van der Waals surface area contributed by atoms with Gasteiger partial charge in [0.1, 0.15) is 0 Å². The number of carbonyl (C=O) groups excluding carboxylic acids is 1. The molecule has 0 aromatic heterocycles. The molecule has 0 aromatic rings. The number of thioether (sulfide) groups is 1. The predicted octanol–water partition coefficient (Wildman–Crippen LogP) is -0.308. The van der Waals surface area contributed by atoms with Crippen LogP contribution in [0.1, 0.15) is 13.8 Å². The molecule has 82 valence electrons. The zero-order valence-corrected chi connectivity index (χ0v) is 9.33. The van der Waals surface area contributed by atoms with E-state index in [-0.39, 0.29) is 19.0 Å². The van der Waals surface area contributed by atoms with Gasteiger partial charge in [0.25, 0.3) is 0 Å². The van der Waals surface area contributed by atoms with E-state index in [1.165, 1.54) is 4.90 Å². The number of hydrogen-bond donors (Lipinski definition) is 2. The molecule has 1 heterocycles. The van der Waals surface area contributed by atoms with Crippen LogP contribution in [-0.4, -0.2) is 57.3 Å². The lowest BCUT2D eigenvalue weighted by Crippen LogP contribution is -2.31. The van der Waals surface area contributed by atoms with Gasteiger partial charge < -0.3 is 15.1 Å². The first kappa shape index (κ1) is 11.8. The van der Waals surface area contributed by atoms with Crippen molar-refractivity contribution in [2.75, 3.05) is 18.8 Å². The molecular formula is C9H17NO3S. The molecule has 1 amide bonds. The van der Waals surface area contributed by atoms with Crippen LogP contribution in [0.3, 0.4) is 0 Å². The number of carbonyl (C=O) groups is 1. The third-order valence-electron chi connectivity index (χ3n) is 2.15. The highest BCUT2D eigenvalue weighted by Gasteiger charge is 2.32. The summed E-state index contributed by atoms with van der Waals surface area (Å²) >= 11 is 1.57. The Kier molecular flexibility index (Phi) is 4.22. The van der Waals surface area contributed by atoms with E-state index in [1.54, 1.807) is 11.8 Å². The van der Waals surface area contributed by atoms with Crippen LogP contribution in [0.2, 0.25) is 0 Å². The molecule has 0 saturated carbocycles. The van der Waals surface area contributed by atoms with Crippen molar-refractivity contribution >= 4 is 17.7 Å². The van der Waals surface area contributed by atoms with E-state index in [0.29, 0.717) is 11.0 Å².